The van der Waals surface area contributed by atoms with Crippen LogP contribution in [0.3, 0.4) is 0 Å². The summed E-state index contributed by atoms with van der Waals surface area (Å²) in [6.07, 6.45) is 0. The zero-order valence-corrected chi connectivity index (χ0v) is 18.3. The third-order valence-electron chi connectivity index (χ3n) is 5.85. The molecule has 2 aliphatic rings. The number of carbonyl (C=O) groups is 2. The number of amides is 1. The quantitative estimate of drug-likeness (QED) is 0.669. The second-order valence-corrected chi connectivity index (χ2v) is 8.40. The number of ether oxygens (including phenoxy) is 1. The molecular weight excluding hydrogens is 416 g/mol. The maximum absolute atomic E-state index is 12.8. The fraction of sp³-hybridized carbons (Fsp3) is 0.391. The van der Waals surface area contributed by atoms with Crippen LogP contribution in [-0.2, 0) is 20.9 Å². The molecule has 2 aromatic rings. The highest BCUT2D eigenvalue weighted by Crippen LogP contribution is 2.36. The van der Waals surface area contributed by atoms with Gasteiger partial charge in [0.25, 0.3) is 0 Å². The molecule has 164 valence electrons. The van der Waals surface area contributed by atoms with E-state index in [9.17, 15) is 9.59 Å². The first-order valence-electron chi connectivity index (χ1n) is 10.5. The molecule has 2 unspecified atom stereocenters. The average Bonchev–Trinajstić information content (AvgIpc) is 3.12. The van der Waals surface area contributed by atoms with Crippen LogP contribution in [0, 0.1) is 0 Å². The molecular formula is C23H27ClN4O3. The lowest BCUT2D eigenvalue weighted by Crippen LogP contribution is -2.50. The number of nitrogens with zero attached hydrogens (tertiary/aromatic N) is 2. The monoisotopic (exact) mass is 442 g/mol. The molecule has 1 fully saturated rings. The van der Waals surface area contributed by atoms with Gasteiger partial charge in [-0.3, -0.25) is 14.6 Å². The summed E-state index contributed by atoms with van der Waals surface area (Å²) in [5.41, 5.74) is 2.87. The Morgan fingerprint density at radius 2 is 1.81 bits per heavy atom. The van der Waals surface area contributed by atoms with E-state index in [-0.39, 0.29) is 5.91 Å². The van der Waals surface area contributed by atoms with Gasteiger partial charge in [0.05, 0.1) is 19.7 Å². The molecule has 2 N–H and O–H groups in total. The van der Waals surface area contributed by atoms with Gasteiger partial charge >= 0.3 is 5.97 Å². The van der Waals surface area contributed by atoms with E-state index >= 15 is 0 Å². The lowest BCUT2D eigenvalue weighted by atomic mass is 10.0. The predicted octanol–water partition coefficient (Wildman–Crippen LogP) is 2.28. The van der Waals surface area contributed by atoms with Gasteiger partial charge in [-0.05, 0) is 23.8 Å². The fourth-order valence-corrected chi connectivity index (χ4v) is 4.39. The van der Waals surface area contributed by atoms with E-state index in [1.807, 2.05) is 12.1 Å². The van der Waals surface area contributed by atoms with E-state index in [1.165, 1.54) is 12.7 Å². The minimum atomic E-state index is -0.676. The zero-order chi connectivity index (χ0) is 21.8. The van der Waals surface area contributed by atoms with Gasteiger partial charge in [-0.15, -0.1) is 0 Å². The highest BCUT2D eigenvalue weighted by atomic mass is 35.5. The Kier molecular flexibility index (Phi) is 6.75. The van der Waals surface area contributed by atoms with Crippen molar-refractivity contribution in [2.75, 3.05) is 45.2 Å². The van der Waals surface area contributed by atoms with Crippen molar-refractivity contribution in [1.82, 2.24) is 15.1 Å². The molecule has 4 rings (SSSR count). The van der Waals surface area contributed by atoms with Gasteiger partial charge in [-0.25, -0.2) is 4.79 Å². The molecule has 0 radical (unpaired) electrons. The SMILES string of the molecule is COC(=O)C1Nc2ccc(Cl)cc2C1NC(=O)CN1CCN(Cc2ccccc2)CC1. The first-order valence-corrected chi connectivity index (χ1v) is 10.8. The summed E-state index contributed by atoms with van der Waals surface area (Å²) in [7, 11) is 1.34. The molecule has 2 aromatic carbocycles. The molecule has 1 saturated heterocycles. The highest BCUT2D eigenvalue weighted by molar-refractivity contribution is 6.30. The predicted molar refractivity (Wildman–Crippen MR) is 120 cm³/mol. The van der Waals surface area contributed by atoms with Gasteiger partial charge < -0.3 is 15.4 Å². The summed E-state index contributed by atoms with van der Waals surface area (Å²) >= 11 is 6.14. The molecule has 7 nitrogen and oxygen atoms in total. The summed E-state index contributed by atoms with van der Waals surface area (Å²) in [6, 6.07) is 14.6. The van der Waals surface area contributed by atoms with Gasteiger partial charge in [0.15, 0.2) is 0 Å². The van der Waals surface area contributed by atoms with Crippen LogP contribution in [0.15, 0.2) is 48.5 Å². The average molecular weight is 443 g/mol. The van der Waals surface area contributed by atoms with Crippen molar-refractivity contribution in [3.05, 3.63) is 64.7 Å². The van der Waals surface area contributed by atoms with Gasteiger partial charge in [0.2, 0.25) is 5.91 Å². The van der Waals surface area contributed by atoms with Gasteiger partial charge in [-0.2, -0.15) is 0 Å². The smallest absolute Gasteiger partial charge is 0.330 e. The second kappa shape index (κ2) is 9.68. The van der Waals surface area contributed by atoms with E-state index in [0.717, 1.165) is 44.0 Å². The molecule has 0 saturated carbocycles. The van der Waals surface area contributed by atoms with Gasteiger partial charge in [0.1, 0.15) is 6.04 Å². The van der Waals surface area contributed by atoms with E-state index in [1.54, 1.807) is 12.1 Å². The van der Waals surface area contributed by atoms with Crippen LogP contribution in [0.1, 0.15) is 17.2 Å². The molecule has 2 aliphatic heterocycles. The zero-order valence-electron chi connectivity index (χ0n) is 17.5. The van der Waals surface area contributed by atoms with Gasteiger partial charge in [-0.1, -0.05) is 41.9 Å². The highest BCUT2D eigenvalue weighted by Gasteiger charge is 2.39. The third-order valence-corrected chi connectivity index (χ3v) is 6.08. The molecule has 2 heterocycles. The lowest BCUT2D eigenvalue weighted by molar-refractivity contribution is -0.142. The summed E-state index contributed by atoms with van der Waals surface area (Å²) < 4.78 is 4.92. The number of methoxy groups -OCH3 is 1. The van der Waals surface area contributed by atoms with E-state index in [2.05, 4.69) is 44.7 Å². The Morgan fingerprint density at radius 3 is 2.52 bits per heavy atom. The van der Waals surface area contributed by atoms with E-state index in [0.29, 0.717) is 11.6 Å². The topological polar surface area (TPSA) is 73.9 Å². The van der Waals surface area contributed by atoms with Crippen molar-refractivity contribution < 1.29 is 14.3 Å². The minimum absolute atomic E-state index is 0.120. The maximum atomic E-state index is 12.8. The molecule has 0 aliphatic carbocycles. The number of halogens is 1. The second-order valence-electron chi connectivity index (χ2n) is 7.96. The van der Waals surface area contributed by atoms with Gasteiger partial charge in [0, 0.05) is 49.0 Å². The normalized spacial score (nSPS) is 21.2. The number of hydrogen-bond donors (Lipinski definition) is 2. The van der Waals surface area contributed by atoms with Crippen molar-refractivity contribution in [3.8, 4) is 0 Å². The van der Waals surface area contributed by atoms with E-state index < -0.39 is 18.1 Å². The molecule has 1 amide bonds. The van der Waals surface area contributed by atoms with Crippen LogP contribution < -0.4 is 10.6 Å². The molecule has 31 heavy (non-hydrogen) atoms. The Bertz CT molecular complexity index is 932. The Balaban J connectivity index is 1.33. The van der Waals surface area contributed by atoms with Crippen molar-refractivity contribution in [1.29, 1.82) is 0 Å². The Hall–Kier alpha value is -2.61. The van der Waals surface area contributed by atoms with Crippen molar-refractivity contribution in [2.24, 2.45) is 0 Å². The number of rotatable bonds is 6. The molecule has 8 heteroatoms. The number of esters is 1. The molecule has 2 atom stereocenters. The summed E-state index contributed by atoms with van der Waals surface area (Å²) in [5.74, 6) is -0.544. The lowest BCUT2D eigenvalue weighted by Gasteiger charge is -2.34. The van der Waals surface area contributed by atoms with Crippen LogP contribution in [0.25, 0.3) is 0 Å². The standard InChI is InChI=1S/C23H27ClN4O3/c1-31-23(30)22-21(18-13-17(24)7-8-19(18)25-22)26-20(29)15-28-11-9-27(10-12-28)14-16-5-3-2-4-6-16/h2-8,13,21-22,25H,9-12,14-15H2,1H3,(H,26,29). The third kappa shape index (κ3) is 5.18. The van der Waals surface area contributed by atoms with Crippen molar-refractivity contribution in [2.45, 2.75) is 18.6 Å². The van der Waals surface area contributed by atoms with Crippen LogP contribution in [-0.4, -0.2) is 67.6 Å². The Labute approximate surface area is 187 Å². The summed E-state index contributed by atoms with van der Waals surface area (Å²) in [5, 5.41) is 6.70. The van der Waals surface area contributed by atoms with E-state index in [4.69, 9.17) is 16.3 Å². The largest absolute Gasteiger partial charge is 0.467 e. The number of hydrogen-bond acceptors (Lipinski definition) is 6. The van der Waals surface area contributed by atoms with Crippen molar-refractivity contribution in [3.63, 3.8) is 0 Å². The number of anilines is 1. The first kappa shape index (κ1) is 21.6. The first-order chi connectivity index (χ1) is 15.0. The molecule has 0 aromatic heterocycles. The number of piperazine rings is 1. The molecule has 0 bridgehead atoms. The number of fused-ring (bicyclic) bond motifs is 1. The van der Waals surface area contributed by atoms with Crippen LogP contribution in [0.2, 0.25) is 5.02 Å². The fourth-order valence-electron chi connectivity index (χ4n) is 4.21. The van der Waals surface area contributed by atoms with Crippen molar-refractivity contribution >= 4 is 29.2 Å². The van der Waals surface area contributed by atoms with Crippen LogP contribution in [0.4, 0.5) is 5.69 Å². The maximum Gasteiger partial charge on any atom is 0.330 e. The number of benzene rings is 2. The number of nitrogens with one attached hydrogen (secondary N) is 2. The molecule has 0 spiro atoms. The van der Waals surface area contributed by atoms with Crippen LogP contribution in [0.5, 0.6) is 0 Å². The minimum Gasteiger partial charge on any atom is -0.467 e. The summed E-state index contributed by atoms with van der Waals surface area (Å²) in [6.45, 7) is 4.69. The summed E-state index contributed by atoms with van der Waals surface area (Å²) in [4.78, 5) is 29.6. The Morgan fingerprint density at radius 1 is 1.10 bits per heavy atom. The number of carbonyl (C=O) groups excluding carboxylic acids is 2. The van der Waals surface area contributed by atoms with Crippen LogP contribution >= 0.6 is 11.6 Å².